The molecule has 2 N–H and O–H groups in total. The molecule has 2 unspecified atom stereocenters. The molecule has 0 saturated carbocycles. The molecular formula is C16H24N2O2. The molecule has 1 amide bonds. The number of hydrogen-bond acceptors (Lipinski definition) is 3. The quantitative estimate of drug-likeness (QED) is 0.869. The molecule has 110 valence electrons. The van der Waals surface area contributed by atoms with E-state index in [9.17, 15) is 4.79 Å². The van der Waals surface area contributed by atoms with Gasteiger partial charge in [-0.3, -0.25) is 4.79 Å². The van der Waals surface area contributed by atoms with Gasteiger partial charge in [-0.2, -0.15) is 0 Å². The largest absolute Gasteiger partial charge is 0.365 e. The van der Waals surface area contributed by atoms with Gasteiger partial charge in [-0.05, 0) is 37.5 Å². The Balaban J connectivity index is 1.92. The van der Waals surface area contributed by atoms with Crippen LogP contribution in [0.15, 0.2) is 24.3 Å². The zero-order valence-corrected chi connectivity index (χ0v) is 12.5. The minimum Gasteiger partial charge on any atom is -0.365 e. The molecule has 1 aliphatic heterocycles. The summed E-state index contributed by atoms with van der Waals surface area (Å²) in [7, 11) is 0. The van der Waals surface area contributed by atoms with Crippen LogP contribution in [0.4, 0.5) is 5.69 Å². The number of carbonyl (C=O) groups excluding carboxylic acids is 1. The van der Waals surface area contributed by atoms with E-state index in [1.807, 2.05) is 25.1 Å². The van der Waals surface area contributed by atoms with Crippen molar-refractivity contribution in [2.45, 2.75) is 58.4 Å². The number of ether oxygens (including phenoxy) is 1. The van der Waals surface area contributed by atoms with Crippen LogP contribution in [0.25, 0.3) is 0 Å². The van der Waals surface area contributed by atoms with Crippen molar-refractivity contribution in [1.82, 2.24) is 5.32 Å². The number of benzene rings is 1. The molecule has 20 heavy (non-hydrogen) atoms. The molecule has 1 aliphatic rings. The van der Waals surface area contributed by atoms with Crippen LogP contribution < -0.4 is 10.6 Å². The normalized spacial score (nSPS) is 22.2. The summed E-state index contributed by atoms with van der Waals surface area (Å²) in [4.78, 5) is 12.1. The van der Waals surface area contributed by atoms with Crippen LogP contribution in [0.2, 0.25) is 0 Å². The molecule has 1 heterocycles. The first-order valence-corrected chi connectivity index (χ1v) is 7.33. The van der Waals surface area contributed by atoms with Crippen molar-refractivity contribution in [3.05, 3.63) is 29.8 Å². The minimum atomic E-state index is -0.303. The number of nitrogens with one attached hydrogen (secondary N) is 2. The summed E-state index contributed by atoms with van der Waals surface area (Å²) in [6.07, 6.45) is 1.65. The molecular weight excluding hydrogens is 252 g/mol. The summed E-state index contributed by atoms with van der Waals surface area (Å²) < 4.78 is 5.58. The first-order chi connectivity index (χ1) is 9.54. The predicted molar refractivity (Wildman–Crippen MR) is 80.6 cm³/mol. The summed E-state index contributed by atoms with van der Waals surface area (Å²) in [5.74, 6) is -0.0386. The van der Waals surface area contributed by atoms with Crippen molar-refractivity contribution >= 4 is 11.6 Å². The topological polar surface area (TPSA) is 50.4 Å². The maximum absolute atomic E-state index is 12.1. The second kappa shape index (κ2) is 6.86. The Morgan fingerprint density at radius 3 is 2.85 bits per heavy atom. The number of carbonyl (C=O) groups is 1. The third-order valence-electron chi connectivity index (χ3n) is 3.43. The molecule has 2 atom stereocenters. The van der Waals surface area contributed by atoms with Gasteiger partial charge in [0.05, 0.1) is 6.10 Å². The van der Waals surface area contributed by atoms with Crippen LogP contribution in [0, 0.1) is 0 Å². The number of hydrogen-bond donors (Lipinski definition) is 2. The Kier molecular flexibility index (Phi) is 5.15. The van der Waals surface area contributed by atoms with Crippen LogP contribution in [-0.4, -0.2) is 24.2 Å². The van der Waals surface area contributed by atoms with Gasteiger partial charge in [-0.25, -0.2) is 0 Å². The van der Waals surface area contributed by atoms with Crippen LogP contribution in [0.5, 0.6) is 0 Å². The minimum absolute atomic E-state index is 0.0386. The van der Waals surface area contributed by atoms with E-state index < -0.39 is 0 Å². The highest BCUT2D eigenvalue weighted by atomic mass is 16.5. The molecule has 4 nitrogen and oxygen atoms in total. The molecule has 1 saturated heterocycles. The third-order valence-corrected chi connectivity index (χ3v) is 3.43. The fourth-order valence-corrected chi connectivity index (χ4v) is 2.30. The van der Waals surface area contributed by atoms with Gasteiger partial charge in [-0.15, -0.1) is 0 Å². The Morgan fingerprint density at radius 2 is 2.20 bits per heavy atom. The van der Waals surface area contributed by atoms with E-state index in [4.69, 9.17) is 4.74 Å². The fraction of sp³-hybridized carbons (Fsp3) is 0.562. The van der Waals surface area contributed by atoms with Gasteiger partial charge < -0.3 is 15.4 Å². The Morgan fingerprint density at radius 1 is 1.40 bits per heavy atom. The van der Waals surface area contributed by atoms with Crippen LogP contribution in [0.3, 0.4) is 0 Å². The molecule has 0 aliphatic carbocycles. The molecule has 4 heteroatoms. The maximum atomic E-state index is 12.1. The number of anilines is 1. The van der Waals surface area contributed by atoms with E-state index in [1.165, 1.54) is 0 Å². The van der Waals surface area contributed by atoms with E-state index in [0.29, 0.717) is 6.04 Å². The second-order valence-electron chi connectivity index (χ2n) is 5.74. The summed E-state index contributed by atoms with van der Waals surface area (Å²) in [6, 6.07) is 8.38. The van der Waals surface area contributed by atoms with Gasteiger partial charge in [0.15, 0.2) is 0 Å². The number of amides is 1. The van der Waals surface area contributed by atoms with Gasteiger partial charge in [0.25, 0.3) is 5.91 Å². The summed E-state index contributed by atoms with van der Waals surface area (Å²) >= 11 is 0. The van der Waals surface area contributed by atoms with Gasteiger partial charge in [-0.1, -0.05) is 26.0 Å². The molecule has 0 spiro atoms. The van der Waals surface area contributed by atoms with Crippen molar-refractivity contribution in [1.29, 1.82) is 0 Å². The zero-order chi connectivity index (χ0) is 14.5. The highest BCUT2D eigenvalue weighted by Crippen LogP contribution is 2.21. The first-order valence-electron chi connectivity index (χ1n) is 7.33. The Labute approximate surface area is 120 Å². The number of rotatable bonds is 5. The highest BCUT2D eigenvalue weighted by Gasteiger charge is 2.28. The van der Waals surface area contributed by atoms with E-state index in [1.54, 1.807) is 0 Å². The average molecular weight is 276 g/mol. The van der Waals surface area contributed by atoms with Crippen LogP contribution >= 0.6 is 0 Å². The van der Waals surface area contributed by atoms with E-state index in [2.05, 4.69) is 30.5 Å². The van der Waals surface area contributed by atoms with Crippen molar-refractivity contribution in [3.63, 3.8) is 0 Å². The summed E-state index contributed by atoms with van der Waals surface area (Å²) in [5.41, 5.74) is 2.00. The lowest BCUT2D eigenvalue weighted by Gasteiger charge is -2.13. The fourth-order valence-electron chi connectivity index (χ4n) is 2.30. The van der Waals surface area contributed by atoms with Crippen molar-refractivity contribution in [3.8, 4) is 0 Å². The molecule has 0 radical (unpaired) electrons. The smallest absolute Gasteiger partial charge is 0.253 e. The van der Waals surface area contributed by atoms with Gasteiger partial charge in [0.2, 0.25) is 0 Å². The summed E-state index contributed by atoms with van der Waals surface area (Å²) in [5, 5.41) is 6.31. The first kappa shape index (κ1) is 15.0. The average Bonchev–Trinajstić information content (AvgIpc) is 2.84. The van der Waals surface area contributed by atoms with Crippen molar-refractivity contribution in [2.24, 2.45) is 0 Å². The van der Waals surface area contributed by atoms with Crippen LogP contribution in [0.1, 0.15) is 39.2 Å². The second-order valence-corrected chi connectivity index (χ2v) is 5.74. The molecule has 1 fully saturated rings. The van der Waals surface area contributed by atoms with E-state index >= 15 is 0 Å². The van der Waals surface area contributed by atoms with Gasteiger partial charge in [0, 0.05) is 18.3 Å². The predicted octanol–water partition coefficient (Wildman–Crippen LogP) is 2.69. The van der Waals surface area contributed by atoms with Crippen molar-refractivity contribution in [2.75, 3.05) is 5.32 Å². The molecule has 1 aromatic rings. The Bertz CT molecular complexity index is 460. The van der Waals surface area contributed by atoms with Gasteiger partial charge >= 0.3 is 0 Å². The zero-order valence-electron chi connectivity index (χ0n) is 12.5. The highest BCUT2D eigenvalue weighted by molar-refractivity contribution is 5.94. The van der Waals surface area contributed by atoms with Crippen molar-refractivity contribution < 1.29 is 9.53 Å². The molecule has 2 rings (SSSR count). The van der Waals surface area contributed by atoms with Crippen LogP contribution in [-0.2, 0) is 16.1 Å². The molecule has 0 bridgehead atoms. The maximum Gasteiger partial charge on any atom is 0.253 e. The van der Waals surface area contributed by atoms with Gasteiger partial charge in [0.1, 0.15) is 6.10 Å². The Hall–Kier alpha value is -1.39. The lowest BCUT2D eigenvalue weighted by atomic mass is 10.1. The third kappa shape index (κ3) is 4.32. The van der Waals surface area contributed by atoms with E-state index in [-0.39, 0.29) is 18.1 Å². The standard InChI is InChI=1S/C16H24N2O2/c1-11(2)17-10-13-5-4-6-14(9-13)18-16(19)15-8-7-12(3)20-15/h4-6,9,11-12,15,17H,7-8,10H2,1-3H3,(H,18,19). The molecule has 1 aromatic carbocycles. The lowest BCUT2D eigenvalue weighted by molar-refractivity contribution is -0.126. The SMILES string of the molecule is CC(C)NCc1cccc(NC(=O)C2CCC(C)O2)c1. The lowest BCUT2D eigenvalue weighted by Crippen LogP contribution is -2.27. The summed E-state index contributed by atoms with van der Waals surface area (Å²) in [6.45, 7) is 7.04. The monoisotopic (exact) mass is 276 g/mol. The molecule has 0 aromatic heterocycles. The van der Waals surface area contributed by atoms with E-state index in [0.717, 1.165) is 30.6 Å².